The number of anilines is 3. The molecule has 4 aromatic rings. The van der Waals surface area contributed by atoms with Crippen LogP contribution in [0.15, 0.2) is 67.3 Å². The molecule has 0 radical (unpaired) electrons. The molecule has 0 saturated carbocycles. The topological polar surface area (TPSA) is 79.8 Å². The number of nitrogens with zero attached hydrogens (tertiary/aromatic N) is 3. The molecule has 0 aliphatic heterocycles. The van der Waals surface area contributed by atoms with E-state index in [0.29, 0.717) is 34.9 Å². The number of benzene rings is 2. The summed E-state index contributed by atoms with van der Waals surface area (Å²) in [6, 6.07) is 10.9. The van der Waals surface area contributed by atoms with Gasteiger partial charge in [0.05, 0.1) is 21.8 Å². The van der Waals surface area contributed by atoms with Gasteiger partial charge in [-0.3, -0.25) is 4.79 Å². The summed E-state index contributed by atoms with van der Waals surface area (Å²) in [5, 5.41) is 4.79. The van der Waals surface area contributed by atoms with Gasteiger partial charge in [-0.1, -0.05) is 17.7 Å². The van der Waals surface area contributed by atoms with Crippen LogP contribution in [0, 0.1) is 12.7 Å². The smallest absolute Gasteiger partial charge is 0.339 e. The summed E-state index contributed by atoms with van der Waals surface area (Å²) in [4.78, 5) is 25.1. The molecule has 6 nitrogen and oxygen atoms in total. The highest BCUT2D eigenvalue weighted by molar-refractivity contribution is 6.31. The van der Waals surface area contributed by atoms with E-state index in [2.05, 4.69) is 25.6 Å². The van der Waals surface area contributed by atoms with Crippen LogP contribution in [0.2, 0.25) is 5.02 Å². The summed E-state index contributed by atoms with van der Waals surface area (Å²) < 4.78 is 53.7. The van der Waals surface area contributed by atoms with E-state index < -0.39 is 34.1 Å². The van der Waals surface area contributed by atoms with Crippen molar-refractivity contribution in [3.63, 3.8) is 0 Å². The molecular weight excluding hydrogens is 486 g/mol. The number of carbonyl (C=O) groups is 1. The van der Waals surface area contributed by atoms with Crippen molar-refractivity contribution in [1.82, 2.24) is 15.0 Å². The van der Waals surface area contributed by atoms with Gasteiger partial charge < -0.3 is 10.6 Å². The fourth-order valence-corrected chi connectivity index (χ4v) is 3.46. The van der Waals surface area contributed by atoms with E-state index >= 15 is 0 Å². The first-order valence-electron chi connectivity index (χ1n) is 10.1. The first-order valence-corrected chi connectivity index (χ1v) is 10.5. The molecule has 35 heavy (non-hydrogen) atoms. The van der Waals surface area contributed by atoms with Crippen molar-refractivity contribution >= 4 is 34.7 Å². The zero-order valence-electron chi connectivity index (χ0n) is 18.0. The van der Waals surface area contributed by atoms with Crippen LogP contribution in [-0.2, 0) is 6.18 Å². The Morgan fingerprint density at radius 2 is 1.83 bits per heavy atom. The second-order valence-electron chi connectivity index (χ2n) is 7.42. The third kappa shape index (κ3) is 5.38. The monoisotopic (exact) mass is 501 g/mol. The van der Waals surface area contributed by atoms with Crippen molar-refractivity contribution < 1.29 is 22.4 Å². The SMILES string of the molecule is Cc1ccc(NC(=O)c2cc(C(F)(F)F)cc(Cl)c2F)cc1Nc1ncccc1-c1ccncn1. The maximum Gasteiger partial charge on any atom is 0.416 e. The van der Waals surface area contributed by atoms with Crippen molar-refractivity contribution in [2.24, 2.45) is 0 Å². The lowest BCUT2D eigenvalue weighted by atomic mass is 10.1. The number of halogens is 5. The second kappa shape index (κ2) is 9.67. The molecule has 2 heterocycles. The number of amides is 1. The quantitative estimate of drug-likeness (QED) is 0.299. The average Bonchev–Trinajstić information content (AvgIpc) is 2.83. The van der Waals surface area contributed by atoms with Gasteiger partial charge in [-0.2, -0.15) is 13.2 Å². The van der Waals surface area contributed by atoms with E-state index in [4.69, 9.17) is 11.6 Å². The highest BCUT2D eigenvalue weighted by atomic mass is 35.5. The second-order valence-corrected chi connectivity index (χ2v) is 7.83. The van der Waals surface area contributed by atoms with Crippen LogP contribution in [0.25, 0.3) is 11.3 Å². The molecule has 0 saturated heterocycles. The molecule has 11 heteroatoms. The zero-order chi connectivity index (χ0) is 25.2. The lowest BCUT2D eigenvalue weighted by molar-refractivity contribution is -0.137. The van der Waals surface area contributed by atoms with Crippen molar-refractivity contribution in [2.75, 3.05) is 10.6 Å². The molecule has 0 fully saturated rings. The van der Waals surface area contributed by atoms with Crippen molar-refractivity contribution in [3.05, 3.63) is 94.8 Å². The number of nitrogens with one attached hydrogen (secondary N) is 2. The van der Waals surface area contributed by atoms with E-state index in [9.17, 15) is 22.4 Å². The van der Waals surface area contributed by atoms with Crippen LogP contribution in [0.3, 0.4) is 0 Å². The predicted octanol–water partition coefficient (Wildman–Crippen LogP) is 6.65. The van der Waals surface area contributed by atoms with Crippen LogP contribution in [0.5, 0.6) is 0 Å². The highest BCUT2D eigenvalue weighted by Crippen LogP contribution is 2.34. The van der Waals surface area contributed by atoms with Crippen LogP contribution in [0.1, 0.15) is 21.5 Å². The molecule has 4 rings (SSSR count). The molecule has 178 valence electrons. The number of aryl methyl sites for hydroxylation is 1. The average molecular weight is 502 g/mol. The molecule has 2 aromatic carbocycles. The minimum absolute atomic E-state index is 0.218. The highest BCUT2D eigenvalue weighted by Gasteiger charge is 2.33. The van der Waals surface area contributed by atoms with Crippen molar-refractivity contribution in [3.8, 4) is 11.3 Å². The van der Waals surface area contributed by atoms with Gasteiger partial charge in [0.1, 0.15) is 12.1 Å². The summed E-state index contributed by atoms with van der Waals surface area (Å²) >= 11 is 5.59. The van der Waals surface area contributed by atoms with Crippen molar-refractivity contribution in [1.29, 1.82) is 0 Å². The molecule has 2 N–H and O–H groups in total. The zero-order valence-corrected chi connectivity index (χ0v) is 18.7. The van der Waals surface area contributed by atoms with Gasteiger partial charge in [0.25, 0.3) is 5.91 Å². The Hall–Kier alpha value is -4.05. The molecule has 0 unspecified atom stereocenters. The van der Waals surface area contributed by atoms with Gasteiger partial charge in [-0.15, -0.1) is 0 Å². The fourth-order valence-electron chi connectivity index (χ4n) is 3.24. The predicted molar refractivity (Wildman–Crippen MR) is 124 cm³/mol. The maximum atomic E-state index is 14.4. The summed E-state index contributed by atoms with van der Waals surface area (Å²) in [6.45, 7) is 1.81. The van der Waals surface area contributed by atoms with Gasteiger partial charge in [-0.05, 0) is 55.0 Å². The van der Waals surface area contributed by atoms with Crippen LogP contribution >= 0.6 is 11.6 Å². The van der Waals surface area contributed by atoms with E-state index in [1.807, 2.05) is 13.0 Å². The number of rotatable bonds is 5. The molecule has 0 aliphatic carbocycles. The summed E-state index contributed by atoms with van der Waals surface area (Å²) in [7, 11) is 0. The third-order valence-electron chi connectivity index (χ3n) is 5.01. The van der Waals surface area contributed by atoms with Gasteiger partial charge in [-0.25, -0.2) is 19.3 Å². The number of hydrogen-bond acceptors (Lipinski definition) is 5. The largest absolute Gasteiger partial charge is 0.416 e. The Bertz CT molecular complexity index is 1400. The van der Waals surface area contributed by atoms with Gasteiger partial charge >= 0.3 is 6.18 Å². The molecule has 0 atom stereocenters. The summed E-state index contributed by atoms with van der Waals surface area (Å²) in [5.74, 6) is -1.84. The van der Waals surface area contributed by atoms with E-state index in [1.54, 1.807) is 36.7 Å². The number of carbonyl (C=O) groups excluding carboxylic acids is 1. The normalized spacial score (nSPS) is 11.3. The first kappa shape index (κ1) is 24.1. The molecule has 0 bridgehead atoms. The Labute approximate surface area is 202 Å². The van der Waals surface area contributed by atoms with E-state index in [-0.39, 0.29) is 5.69 Å². The van der Waals surface area contributed by atoms with Crippen LogP contribution in [-0.4, -0.2) is 20.9 Å². The summed E-state index contributed by atoms with van der Waals surface area (Å²) in [5.41, 5.74) is 0.841. The minimum atomic E-state index is -4.79. The number of hydrogen-bond donors (Lipinski definition) is 2. The van der Waals surface area contributed by atoms with E-state index in [0.717, 1.165) is 5.56 Å². The molecule has 1 amide bonds. The molecule has 0 spiro atoms. The fraction of sp³-hybridized carbons (Fsp3) is 0.0833. The van der Waals surface area contributed by atoms with Gasteiger partial charge in [0.2, 0.25) is 0 Å². The Morgan fingerprint density at radius 1 is 1.03 bits per heavy atom. The van der Waals surface area contributed by atoms with Gasteiger partial charge in [0, 0.05) is 29.3 Å². The molecular formula is C24H16ClF4N5O. The van der Waals surface area contributed by atoms with Gasteiger partial charge in [0.15, 0.2) is 5.82 Å². The summed E-state index contributed by atoms with van der Waals surface area (Å²) in [6.07, 6.45) is -0.197. The number of aromatic nitrogens is 3. The van der Waals surface area contributed by atoms with Crippen molar-refractivity contribution in [2.45, 2.75) is 13.1 Å². The Kier molecular flexibility index (Phi) is 6.65. The Balaban J connectivity index is 1.63. The minimum Gasteiger partial charge on any atom is -0.339 e. The number of alkyl halides is 3. The molecule has 2 aromatic heterocycles. The van der Waals surface area contributed by atoms with Crippen LogP contribution in [0.4, 0.5) is 34.8 Å². The standard InChI is InChI=1S/C24H16ClF4N5O/c1-13-4-5-15(33-23(35)17-9-14(24(27,28)29)10-18(25)21(17)26)11-20(13)34-22-16(3-2-7-31-22)19-6-8-30-12-32-19/h2-12H,1H3,(H,31,34)(H,33,35). The Morgan fingerprint density at radius 3 is 2.54 bits per heavy atom. The van der Waals surface area contributed by atoms with E-state index in [1.165, 1.54) is 12.4 Å². The lowest BCUT2D eigenvalue weighted by Gasteiger charge is -2.15. The van der Waals surface area contributed by atoms with Crippen LogP contribution < -0.4 is 10.6 Å². The number of pyridine rings is 1. The lowest BCUT2D eigenvalue weighted by Crippen LogP contribution is -2.16. The maximum absolute atomic E-state index is 14.4. The third-order valence-corrected chi connectivity index (χ3v) is 5.29. The first-order chi connectivity index (χ1) is 16.6. The molecule has 0 aliphatic rings.